The Morgan fingerprint density at radius 1 is 1.00 bits per heavy atom. The molecule has 0 saturated heterocycles. The van der Waals surface area contributed by atoms with Gasteiger partial charge in [0.15, 0.2) is 0 Å². The van der Waals surface area contributed by atoms with Crippen LogP contribution in [-0.2, 0) is 0 Å². The molecule has 1 aromatic carbocycles. The van der Waals surface area contributed by atoms with Crippen molar-refractivity contribution >= 4 is 5.69 Å². The molecule has 0 amide bonds. The summed E-state index contributed by atoms with van der Waals surface area (Å²) >= 11 is 0. The van der Waals surface area contributed by atoms with Crippen molar-refractivity contribution < 1.29 is 68.9 Å². The third-order valence-corrected chi connectivity index (χ3v) is 0.800. The summed E-state index contributed by atoms with van der Waals surface area (Å²) in [7, 11) is 0. The fraction of sp³-hybridized carbons (Fsp3) is 0. The van der Waals surface area contributed by atoms with Crippen molar-refractivity contribution in [1.82, 2.24) is 0 Å². The number of nitrogens with two attached hydrogens (primary N) is 1. The minimum absolute atomic E-state index is 0. The van der Waals surface area contributed by atoms with Crippen LogP contribution in [0.1, 0.15) is 0 Å². The van der Waals surface area contributed by atoms with Crippen molar-refractivity contribution in [3.8, 4) is 0 Å². The SMILES string of the molecule is Nc1ccccc1.[Cs+]. The van der Waals surface area contributed by atoms with E-state index in [0.717, 1.165) is 5.69 Å². The van der Waals surface area contributed by atoms with E-state index in [2.05, 4.69) is 0 Å². The third kappa shape index (κ3) is 3.17. The first-order valence-corrected chi connectivity index (χ1v) is 2.20. The number of benzene rings is 1. The Morgan fingerprint density at radius 2 is 1.50 bits per heavy atom. The third-order valence-electron chi connectivity index (χ3n) is 0.800. The molecule has 0 aliphatic rings. The van der Waals surface area contributed by atoms with Gasteiger partial charge < -0.3 is 5.73 Å². The molecular weight excluding hydrogens is 219 g/mol. The maximum Gasteiger partial charge on any atom is 1.00 e. The quantitative estimate of drug-likeness (QED) is 0.523. The van der Waals surface area contributed by atoms with E-state index in [0.29, 0.717) is 0 Å². The van der Waals surface area contributed by atoms with Crippen molar-refractivity contribution in [2.75, 3.05) is 5.73 Å². The largest absolute Gasteiger partial charge is 1.00 e. The fourth-order valence-corrected chi connectivity index (χ4v) is 0.453. The molecule has 0 aliphatic heterocycles. The van der Waals surface area contributed by atoms with E-state index in [1.54, 1.807) is 0 Å². The minimum atomic E-state index is 0. The summed E-state index contributed by atoms with van der Waals surface area (Å²) in [6, 6.07) is 9.49. The van der Waals surface area contributed by atoms with E-state index in [1.807, 2.05) is 30.3 Å². The van der Waals surface area contributed by atoms with Crippen LogP contribution >= 0.6 is 0 Å². The second kappa shape index (κ2) is 4.91. The van der Waals surface area contributed by atoms with E-state index in [4.69, 9.17) is 5.73 Å². The topological polar surface area (TPSA) is 26.0 Å². The Bertz CT molecular complexity index is 138. The molecule has 0 aliphatic carbocycles. The zero-order valence-corrected chi connectivity index (χ0v) is 11.2. The smallest absolute Gasteiger partial charge is 0.399 e. The number of hydrogen-bond acceptors (Lipinski definition) is 1. The van der Waals surface area contributed by atoms with Crippen LogP contribution in [0.3, 0.4) is 0 Å². The first kappa shape index (κ1) is 9.07. The molecule has 0 fully saturated rings. The molecule has 0 aromatic heterocycles. The first-order chi connectivity index (χ1) is 3.39. The molecule has 0 atom stereocenters. The van der Waals surface area contributed by atoms with Gasteiger partial charge in [-0.3, -0.25) is 0 Å². The number of rotatable bonds is 0. The van der Waals surface area contributed by atoms with Crippen LogP contribution in [0, 0.1) is 0 Å². The molecule has 1 nitrogen and oxygen atoms in total. The van der Waals surface area contributed by atoms with Gasteiger partial charge >= 0.3 is 68.9 Å². The molecule has 1 aromatic rings. The van der Waals surface area contributed by atoms with Gasteiger partial charge in [0.25, 0.3) is 0 Å². The summed E-state index contributed by atoms with van der Waals surface area (Å²) in [5.41, 5.74) is 6.18. The zero-order chi connectivity index (χ0) is 5.11. The molecule has 2 heteroatoms. The van der Waals surface area contributed by atoms with Crippen LogP contribution in [0.15, 0.2) is 30.3 Å². The van der Waals surface area contributed by atoms with Crippen LogP contribution in [0.25, 0.3) is 0 Å². The summed E-state index contributed by atoms with van der Waals surface area (Å²) in [5, 5.41) is 0. The Balaban J connectivity index is 0.000000490. The van der Waals surface area contributed by atoms with E-state index in [9.17, 15) is 0 Å². The molecule has 0 radical (unpaired) electrons. The number of anilines is 1. The summed E-state index contributed by atoms with van der Waals surface area (Å²) in [6.07, 6.45) is 0. The van der Waals surface area contributed by atoms with Crippen LogP contribution in [0.2, 0.25) is 0 Å². The van der Waals surface area contributed by atoms with E-state index < -0.39 is 0 Å². The van der Waals surface area contributed by atoms with E-state index in [1.165, 1.54) is 0 Å². The molecule has 0 unspecified atom stereocenters. The van der Waals surface area contributed by atoms with Gasteiger partial charge in [-0.2, -0.15) is 0 Å². The summed E-state index contributed by atoms with van der Waals surface area (Å²) in [5.74, 6) is 0. The number of para-hydroxylation sites is 1. The maximum absolute atomic E-state index is 5.36. The van der Waals surface area contributed by atoms with Crippen LogP contribution in [0.5, 0.6) is 0 Å². The first-order valence-electron chi connectivity index (χ1n) is 2.20. The summed E-state index contributed by atoms with van der Waals surface area (Å²) in [4.78, 5) is 0. The zero-order valence-electron chi connectivity index (χ0n) is 4.96. The average Bonchev–Trinajstić information content (AvgIpc) is 1.69. The van der Waals surface area contributed by atoms with E-state index in [-0.39, 0.29) is 68.9 Å². The van der Waals surface area contributed by atoms with E-state index >= 15 is 0 Å². The number of hydrogen-bond donors (Lipinski definition) is 1. The van der Waals surface area contributed by atoms with Crippen LogP contribution in [-0.4, -0.2) is 0 Å². The fourth-order valence-electron chi connectivity index (χ4n) is 0.453. The van der Waals surface area contributed by atoms with Gasteiger partial charge in [-0.15, -0.1) is 0 Å². The Hall–Kier alpha value is 1.07. The average molecular weight is 226 g/mol. The van der Waals surface area contributed by atoms with Crippen LogP contribution < -0.4 is 74.6 Å². The Kier molecular flexibility index (Phi) is 5.56. The molecule has 0 saturated carbocycles. The summed E-state index contributed by atoms with van der Waals surface area (Å²) in [6.45, 7) is 0. The summed E-state index contributed by atoms with van der Waals surface area (Å²) < 4.78 is 0. The molecule has 0 bridgehead atoms. The molecule has 0 heterocycles. The van der Waals surface area contributed by atoms with Crippen molar-refractivity contribution in [1.29, 1.82) is 0 Å². The van der Waals surface area contributed by atoms with Gasteiger partial charge in [-0.1, -0.05) is 18.2 Å². The normalized spacial score (nSPS) is 7.50. The predicted octanol–water partition coefficient (Wildman–Crippen LogP) is -1.73. The molecule has 1 rings (SSSR count). The van der Waals surface area contributed by atoms with Gasteiger partial charge in [0.2, 0.25) is 0 Å². The van der Waals surface area contributed by atoms with Gasteiger partial charge in [-0.05, 0) is 12.1 Å². The monoisotopic (exact) mass is 226 g/mol. The number of nitrogen functional groups attached to an aromatic ring is 1. The Labute approximate surface area is 108 Å². The standard InChI is InChI=1S/C6H7N.Cs/c7-6-4-2-1-3-5-6;/h1-5H,7H2;/q;+1. The molecule has 2 N–H and O–H groups in total. The molecule has 0 spiro atoms. The second-order valence-electron chi connectivity index (χ2n) is 1.41. The molecular formula is C6H7CsN+. The molecule has 8 heavy (non-hydrogen) atoms. The predicted molar refractivity (Wildman–Crippen MR) is 30.9 cm³/mol. The van der Waals surface area contributed by atoms with Crippen molar-refractivity contribution in [3.63, 3.8) is 0 Å². The maximum atomic E-state index is 5.36. The second-order valence-corrected chi connectivity index (χ2v) is 1.41. The van der Waals surface area contributed by atoms with Crippen molar-refractivity contribution in [2.24, 2.45) is 0 Å². The van der Waals surface area contributed by atoms with Crippen molar-refractivity contribution in [2.45, 2.75) is 0 Å². The van der Waals surface area contributed by atoms with Crippen molar-refractivity contribution in [3.05, 3.63) is 30.3 Å². The van der Waals surface area contributed by atoms with Gasteiger partial charge in [0.1, 0.15) is 0 Å². The van der Waals surface area contributed by atoms with Gasteiger partial charge in [0.05, 0.1) is 0 Å². The molecule has 36 valence electrons. The van der Waals surface area contributed by atoms with Gasteiger partial charge in [-0.25, -0.2) is 0 Å². The van der Waals surface area contributed by atoms with Gasteiger partial charge in [0, 0.05) is 5.69 Å². The minimum Gasteiger partial charge on any atom is -0.399 e. The Morgan fingerprint density at radius 3 is 1.75 bits per heavy atom. The van der Waals surface area contributed by atoms with Crippen LogP contribution in [0.4, 0.5) is 5.69 Å².